The van der Waals surface area contributed by atoms with Crippen LogP contribution in [-0.2, 0) is 0 Å². The molecule has 0 unspecified atom stereocenters. The molecule has 0 amide bonds. The van der Waals surface area contributed by atoms with Crippen molar-refractivity contribution in [1.82, 2.24) is 15.2 Å². The van der Waals surface area contributed by atoms with E-state index in [9.17, 15) is 0 Å². The van der Waals surface area contributed by atoms with Crippen LogP contribution in [0.5, 0.6) is 0 Å². The summed E-state index contributed by atoms with van der Waals surface area (Å²) in [5.41, 5.74) is 2.14. The van der Waals surface area contributed by atoms with Crippen molar-refractivity contribution < 1.29 is 0 Å². The van der Waals surface area contributed by atoms with E-state index in [1.807, 2.05) is 31.2 Å². The average molecular weight is 243 g/mol. The van der Waals surface area contributed by atoms with Gasteiger partial charge in [-0.2, -0.15) is 10.1 Å². The van der Waals surface area contributed by atoms with Gasteiger partial charge in [0.15, 0.2) is 5.82 Å². The molecule has 0 bridgehead atoms. The molecule has 0 spiro atoms. The second-order valence-corrected chi connectivity index (χ2v) is 4.03. The predicted molar refractivity (Wildman–Crippen MR) is 73.1 cm³/mol. The molecule has 2 aromatic rings. The SMILES string of the molecule is CCCNc1cnnc(Nc2ccccc2C)n1. The average Bonchev–Trinajstić information content (AvgIpc) is 2.40. The Bertz CT molecular complexity index is 512. The molecule has 1 heterocycles. The number of anilines is 3. The number of hydrogen-bond donors (Lipinski definition) is 2. The highest BCUT2D eigenvalue weighted by atomic mass is 15.3. The van der Waals surface area contributed by atoms with Gasteiger partial charge in [-0.05, 0) is 25.0 Å². The fourth-order valence-corrected chi connectivity index (χ4v) is 1.53. The van der Waals surface area contributed by atoms with Crippen molar-refractivity contribution in [2.24, 2.45) is 0 Å². The predicted octanol–water partition coefficient (Wildman–Crippen LogP) is 2.75. The van der Waals surface area contributed by atoms with Crippen LogP contribution in [0.2, 0.25) is 0 Å². The lowest BCUT2D eigenvalue weighted by atomic mass is 10.2. The third kappa shape index (κ3) is 3.16. The highest BCUT2D eigenvalue weighted by molar-refractivity contribution is 5.58. The van der Waals surface area contributed by atoms with Crippen molar-refractivity contribution >= 4 is 17.5 Å². The highest BCUT2D eigenvalue weighted by Crippen LogP contribution is 2.17. The number of nitrogens with one attached hydrogen (secondary N) is 2. The Morgan fingerprint density at radius 2 is 2.06 bits per heavy atom. The van der Waals surface area contributed by atoms with E-state index < -0.39 is 0 Å². The van der Waals surface area contributed by atoms with Crippen molar-refractivity contribution in [1.29, 1.82) is 0 Å². The molecule has 1 aromatic heterocycles. The number of hydrogen-bond acceptors (Lipinski definition) is 5. The molecule has 0 saturated carbocycles. The van der Waals surface area contributed by atoms with E-state index in [4.69, 9.17) is 0 Å². The summed E-state index contributed by atoms with van der Waals surface area (Å²) in [6.45, 7) is 5.02. The summed E-state index contributed by atoms with van der Waals surface area (Å²) in [7, 11) is 0. The lowest BCUT2D eigenvalue weighted by Gasteiger charge is -2.08. The first-order chi connectivity index (χ1) is 8.79. The molecule has 2 N–H and O–H groups in total. The van der Waals surface area contributed by atoms with Crippen LogP contribution in [0.25, 0.3) is 0 Å². The van der Waals surface area contributed by atoms with E-state index in [0.29, 0.717) is 5.95 Å². The van der Waals surface area contributed by atoms with E-state index in [2.05, 4.69) is 32.7 Å². The summed E-state index contributed by atoms with van der Waals surface area (Å²) < 4.78 is 0. The molecule has 18 heavy (non-hydrogen) atoms. The third-order valence-corrected chi connectivity index (χ3v) is 2.51. The van der Waals surface area contributed by atoms with Gasteiger partial charge in [0.05, 0.1) is 6.20 Å². The molecular weight excluding hydrogens is 226 g/mol. The van der Waals surface area contributed by atoms with Gasteiger partial charge in [0.1, 0.15) is 0 Å². The number of aryl methyl sites for hydroxylation is 1. The van der Waals surface area contributed by atoms with Crippen LogP contribution in [0.1, 0.15) is 18.9 Å². The zero-order chi connectivity index (χ0) is 12.8. The molecule has 94 valence electrons. The maximum atomic E-state index is 4.35. The number of rotatable bonds is 5. The summed E-state index contributed by atoms with van der Waals surface area (Å²) in [4.78, 5) is 4.35. The molecule has 0 atom stereocenters. The molecule has 2 rings (SSSR count). The van der Waals surface area contributed by atoms with Crippen molar-refractivity contribution in [3.05, 3.63) is 36.0 Å². The Morgan fingerprint density at radius 3 is 2.83 bits per heavy atom. The molecule has 0 fully saturated rings. The van der Waals surface area contributed by atoms with E-state index in [1.54, 1.807) is 6.20 Å². The smallest absolute Gasteiger partial charge is 0.249 e. The molecule has 0 aliphatic carbocycles. The zero-order valence-corrected chi connectivity index (χ0v) is 10.6. The Balaban J connectivity index is 2.12. The minimum absolute atomic E-state index is 0.505. The van der Waals surface area contributed by atoms with Gasteiger partial charge in [-0.25, -0.2) is 0 Å². The normalized spacial score (nSPS) is 10.1. The van der Waals surface area contributed by atoms with Crippen LogP contribution in [-0.4, -0.2) is 21.7 Å². The van der Waals surface area contributed by atoms with E-state index in [0.717, 1.165) is 30.0 Å². The molecule has 0 aliphatic rings. The summed E-state index contributed by atoms with van der Waals surface area (Å²) >= 11 is 0. The van der Waals surface area contributed by atoms with Crippen LogP contribution in [0.3, 0.4) is 0 Å². The summed E-state index contributed by atoms with van der Waals surface area (Å²) in [5, 5.41) is 14.2. The zero-order valence-electron chi connectivity index (χ0n) is 10.6. The van der Waals surface area contributed by atoms with E-state index in [-0.39, 0.29) is 0 Å². The number of benzene rings is 1. The topological polar surface area (TPSA) is 62.7 Å². The first kappa shape index (κ1) is 12.3. The van der Waals surface area contributed by atoms with Crippen LogP contribution < -0.4 is 10.6 Å². The minimum atomic E-state index is 0.505. The lowest BCUT2D eigenvalue weighted by molar-refractivity contribution is 0.935. The van der Waals surface area contributed by atoms with Crippen molar-refractivity contribution in [2.45, 2.75) is 20.3 Å². The highest BCUT2D eigenvalue weighted by Gasteiger charge is 2.02. The van der Waals surface area contributed by atoms with Gasteiger partial charge < -0.3 is 10.6 Å². The van der Waals surface area contributed by atoms with Crippen LogP contribution in [0.4, 0.5) is 17.5 Å². The number of nitrogens with zero attached hydrogens (tertiary/aromatic N) is 3. The van der Waals surface area contributed by atoms with Gasteiger partial charge in [-0.3, -0.25) is 0 Å². The third-order valence-electron chi connectivity index (χ3n) is 2.51. The molecule has 5 nitrogen and oxygen atoms in total. The fraction of sp³-hybridized carbons (Fsp3) is 0.308. The first-order valence-electron chi connectivity index (χ1n) is 6.06. The first-order valence-corrected chi connectivity index (χ1v) is 6.06. The standard InChI is InChI=1S/C13H17N5/c1-3-8-14-12-9-15-18-13(17-12)16-11-7-5-4-6-10(11)2/h4-7,9H,3,8H2,1-2H3,(H2,14,16,17,18). The summed E-state index contributed by atoms with van der Waals surface area (Å²) in [5.74, 6) is 1.24. The second kappa shape index (κ2) is 5.95. The van der Waals surface area contributed by atoms with Gasteiger partial charge in [0, 0.05) is 12.2 Å². The molecular formula is C13H17N5. The van der Waals surface area contributed by atoms with Gasteiger partial charge in [0.25, 0.3) is 0 Å². The lowest BCUT2D eigenvalue weighted by Crippen LogP contribution is -2.06. The molecule has 0 saturated heterocycles. The Hall–Kier alpha value is -2.17. The molecule has 1 aromatic carbocycles. The maximum absolute atomic E-state index is 4.35. The van der Waals surface area contributed by atoms with E-state index in [1.165, 1.54) is 0 Å². The molecule has 0 radical (unpaired) electrons. The van der Waals surface area contributed by atoms with Crippen molar-refractivity contribution in [3.63, 3.8) is 0 Å². The monoisotopic (exact) mass is 243 g/mol. The summed E-state index contributed by atoms with van der Waals surface area (Å²) in [6.07, 6.45) is 2.67. The second-order valence-electron chi connectivity index (χ2n) is 4.03. The quantitative estimate of drug-likeness (QED) is 0.845. The van der Waals surface area contributed by atoms with Crippen LogP contribution in [0, 0.1) is 6.92 Å². The molecule has 0 aliphatic heterocycles. The van der Waals surface area contributed by atoms with Crippen molar-refractivity contribution in [2.75, 3.05) is 17.2 Å². The Morgan fingerprint density at radius 1 is 1.22 bits per heavy atom. The van der Waals surface area contributed by atoms with Crippen LogP contribution >= 0.6 is 0 Å². The van der Waals surface area contributed by atoms with Gasteiger partial charge in [-0.15, -0.1) is 5.10 Å². The maximum Gasteiger partial charge on any atom is 0.249 e. The summed E-state index contributed by atoms with van der Waals surface area (Å²) in [6, 6.07) is 8.00. The van der Waals surface area contributed by atoms with Crippen molar-refractivity contribution in [3.8, 4) is 0 Å². The van der Waals surface area contributed by atoms with Gasteiger partial charge >= 0.3 is 0 Å². The van der Waals surface area contributed by atoms with Crippen LogP contribution in [0.15, 0.2) is 30.5 Å². The molecule has 5 heteroatoms. The minimum Gasteiger partial charge on any atom is -0.369 e. The van der Waals surface area contributed by atoms with E-state index >= 15 is 0 Å². The number of para-hydroxylation sites is 1. The van der Waals surface area contributed by atoms with Gasteiger partial charge in [0.2, 0.25) is 5.95 Å². The Labute approximate surface area is 107 Å². The Kier molecular flexibility index (Phi) is 4.06. The van der Waals surface area contributed by atoms with Gasteiger partial charge in [-0.1, -0.05) is 25.1 Å². The fourth-order valence-electron chi connectivity index (χ4n) is 1.53. The number of aromatic nitrogens is 3. The largest absolute Gasteiger partial charge is 0.369 e.